The third-order valence-electron chi connectivity index (χ3n) is 4.39. The van der Waals surface area contributed by atoms with E-state index in [2.05, 4.69) is 10.4 Å². The van der Waals surface area contributed by atoms with Gasteiger partial charge in [0.1, 0.15) is 5.82 Å². The van der Waals surface area contributed by atoms with Crippen molar-refractivity contribution in [1.82, 2.24) is 14.2 Å². The molecule has 0 radical (unpaired) electrons. The third kappa shape index (κ3) is 4.60. The van der Waals surface area contributed by atoms with Crippen molar-refractivity contribution in [1.29, 1.82) is 0 Å². The summed E-state index contributed by atoms with van der Waals surface area (Å²) in [6.07, 6.45) is 0. The van der Waals surface area contributed by atoms with Crippen molar-refractivity contribution in [3.8, 4) is 5.69 Å². The average Bonchev–Trinajstić information content (AvgIpc) is 3.13. The molecule has 1 heterocycles. The molecule has 3 rings (SSSR count). The van der Waals surface area contributed by atoms with Crippen LogP contribution in [0, 0.1) is 17.0 Å². The molecule has 0 unspecified atom stereocenters. The Morgan fingerprint density at radius 2 is 1.77 bits per heavy atom. The predicted molar refractivity (Wildman–Crippen MR) is 111 cm³/mol. The number of hydrogen-bond donors (Lipinski definition) is 1. The van der Waals surface area contributed by atoms with E-state index in [1.165, 1.54) is 67.4 Å². The van der Waals surface area contributed by atoms with Crippen molar-refractivity contribution in [2.24, 2.45) is 0 Å². The Morgan fingerprint density at radius 1 is 1.16 bits per heavy atom. The van der Waals surface area contributed by atoms with Crippen LogP contribution in [0.3, 0.4) is 0 Å². The zero-order valence-electron chi connectivity index (χ0n) is 16.8. The number of carbonyl (C=O) groups excluding carboxylic acids is 1. The number of amides is 1. The molecule has 0 atom stereocenters. The molecule has 0 aliphatic rings. The van der Waals surface area contributed by atoms with Crippen LogP contribution >= 0.6 is 0 Å². The number of aryl methyl sites for hydroxylation is 1. The lowest BCUT2D eigenvalue weighted by Gasteiger charge is -2.14. The summed E-state index contributed by atoms with van der Waals surface area (Å²) < 4.78 is 26.7. The molecule has 12 heteroatoms. The minimum atomic E-state index is -3.82. The van der Waals surface area contributed by atoms with Crippen molar-refractivity contribution < 1.29 is 23.0 Å². The number of nitrogens with zero attached hydrogens (tertiary/aromatic N) is 4. The molecule has 2 aromatic carbocycles. The monoisotopic (exact) mass is 445 g/mol. The lowest BCUT2D eigenvalue weighted by Crippen LogP contribution is -2.25. The van der Waals surface area contributed by atoms with E-state index in [0.717, 1.165) is 0 Å². The number of rotatable bonds is 7. The Morgan fingerprint density at radius 3 is 2.32 bits per heavy atom. The summed E-state index contributed by atoms with van der Waals surface area (Å²) in [5.41, 5.74) is 1.32. The van der Waals surface area contributed by atoms with Gasteiger partial charge in [0, 0.05) is 30.8 Å². The van der Waals surface area contributed by atoms with Gasteiger partial charge < -0.3 is 5.32 Å². The molecule has 3 aromatic rings. The second kappa shape index (κ2) is 8.63. The van der Waals surface area contributed by atoms with Gasteiger partial charge in [-0.25, -0.2) is 13.1 Å². The maximum Gasteiger partial charge on any atom is 0.269 e. The molecule has 11 nitrogen and oxygen atoms in total. The number of nitro groups is 1. The van der Waals surface area contributed by atoms with Crippen molar-refractivity contribution >= 4 is 27.4 Å². The van der Waals surface area contributed by atoms with Gasteiger partial charge in [0.05, 0.1) is 28.3 Å². The molecular weight excluding hydrogens is 426 g/mol. The second-order valence-corrected chi connectivity index (χ2v) is 8.37. The van der Waals surface area contributed by atoms with Crippen LogP contribution in [0.2, 0.25) is 0 Å². The first-order valence-electron chi connectivity index (χ1n) is 8.89. The fourth-order valence-electron chi connectivity index (χ4n) is 2.71. The molecule has 1 aromatic heterocycles. The Bertz CT molecular complexity index is 1220. The molecule has 0 saturated heterocycles. The van der Waals surface area contributed by atoms with Crippen LogP contribution in [0.4, 0.5) is 11.5 Å². The van der Waals surface area contributed by atoms with E-state index >= 15 is 0 Å². The van der Waals surface area contributed by atoms with Crippen LogP contribution in [0.25, 0.3) is 5.69 Å². The third-order valence-corrected chi connectivity index (χ3v) is 6.08. The first-order chi connectivity index (χ1) is 14.6. The summed E-state index contributed by atoms with van der Waals surface area (Å²) in [4.78, 5) is 27.7. The average molecular weight is 445 g/mol. The molecule has 162 valence electrons. The van der Waals surface area contributed by atoms with E-state index < -0.39 is 20.9 Å². The van der Waals surface area contributed by atoms with Crippen molar-refractivity contribution in [2.45, 2.75) is 11.8 Å². The number of hydroxylamine groups is 1. The summed E-state index contributed by atoms with van der Waals surface area (Å²) in [5, 5.41) is 17.9. The van der Waals surface area contributed by atoms with Crippen molar-refractivity contribution in [2.75, 3.05) is 19.5 Å². The lowest BCUT2D eigenvalue weighted by molar-refractivity contribution is -0.384. The summed E-state index contributed by atoms with van der Waals surface area (Å²) in [5.74, 6) is -0.126. The van der Waals surface area contributed by atoms with Crippen LogP contribution in [0.5, 0.6) is 0 Å². The van der Waals surface area contributed by atoms with Gasteiger partial charge in [-0.05, 0) is 43.3 Å². The van der Waals surface area contributed by atoms with Gasteiger partial charge in [-0.2, -0.15) is 5.10 Å². The van der Waals surface area contributed by atoms with Gasteiger partial charge >= 0.3 is 0 Å². The zero-order chi connectivity index (χ0) is 22.8. The normalized spacial score (nSPS) is 11.5. The summed E-state index contributed by atoms with van der Waals surface area (Å²) in [6.45, 7) is 1.74. The standard InChI is InChI=1S/C19H19N5O6S/c1-13-12-18(23(21-13)15-6-8-16(9-7-15)24(26)27)20-19(25)14-4-10-17(11-5-14)31(28,29)22(2)30-3/h4-12H,1-3H3,(H,20,25). The van der Waals surface area contributed by atoms with Gasteiger partial charge in [0.2, 0.25) is 0 Å². The number of nitro benzene ring substituents is 1. The summed E-state index contributed by atoms with van der Waals surface area (Å²) in [6, 6.07) is 12.7. The maximum atomic E-state index is 12.7. The van der Waals surface area contributed by atoms with Crippen LogP contribution in [0.15, 0.2) is 59.5 Å². The van der Waals surface area contributed by atoms with Gasteiger partial charge in [-0.15, -0.1) is 0 Å². The summed E-state index contributed by atoms with van der Waals surface area (Å²) >= 11 is 0. The predicted octanol–water partition coefficient (Wildman–Crippen LogP) is 2.52. The van der Waals surface area contributed by atoms with Gasteiger partial charge in [0.15, 0.2) is 0 Å². The molecule has 1 N–H and O–H groups in total. The van der Waals surface area contributed by atoms with E-state index in [-0.39, 0.29) is 16.1 Å². The highest BCUT2D eigenvalue weighted by atomic mass is 32.2. The number of anilines is 1. The SMILES string of the molecule is CON(C)S(=O)(=O)c1ccc(C(=O)Nc2cc(C)nn2-c2ccc([N+](=O)[O-])cc2)cc1. The quantitative estimate of drug-likeness (QED) is 0.436. The fourth-order valence-corrected chi connectivity index (χ4v) is 3.69. The Hall–Kier alpha value is -3.61. The lowest BCUT2D eigenvalue weighted by atomic mass is 10.2. The Labute approximate surface area is 178 Å². The highest BCUT2D eigenvalue weighted by Gasteiger charge is 2.21. The zero-order valence-corrected chi connectivity index (χ0v) is 17.7. The maximum absolute atomic E-state index is 12.7. The van der Waals surface area contributed by atoms with Gasteiger partial charge in [-0.1, -0.05) is 4.47 Å². The first-order valence-corrected chi connectivity index (χ1v) is 10.3. The Balaban J connectivity index is 1.84. The number of aromatic nitrogens is 2. The number of carbonyl (C=O) groups is 1. The number of hydrogen-bond acceptors (Lipinski definition) is 7. The molecule has 0 fully saturated rings. The first kappa shape index (κ1) is 22.1. The van der Waals surface area contributed by atoms with Gasteiger partial charge in [0.25, 0.3) is 21.6 Å². The van der Waals surface area contributed by atoms with Crippen molar-refractivity contribution in [3.63, 3.8) is 0 Å². The topological polar surface area (TPSA) is 137 Å². The largest absolute Gasteiger partial charge is 0.306 e. The molecule has 0 bridgehead atoms. The Kier molecular flexibility index (Phi) is 6.15. The van der Waals surface area contributed by atoms with Crippen LogP contribution in [-0.4, -0.2) is 47.7 Å². The van der Waals surface area contributed by atoms with E-state index in [1.807, 2.05) is 0 Å². The van der Waals surface area contributed by atoms with Crippen LogP contribution in [0.1, 0.15) is 16.1 Å². The number of nitrogens with one attached hydrogen (secondary N) is 1. The molecule has 0 aliphatic heterocycles. The van der Waals surface area contributed by atoms with E-state index in [9.17, 15) is 23.3 Å². The van der Waals surface area contributed by atoms with Gasteiger partial charge in [-0.3, -0.25) is 19.7 Å². The molecule has 0 aliphatic carbocycles. The molecular formula is C19H19N5O6S. The highest BCUT2D eigenvalue weighted by Crippen LogP contribution is 2.21. The second-order valence-electron chi connectivity index (χ2n) is 6.43. The smallest absolute Gasteiger partial charge is 0.269 e. The number of sulfonamides is 1. The van der Waals surface area contributed by atoms with Crippen LogP contribution < -0.4 is 5.32 Å². The molecule has 1 amide bonds. The molecule has 31 heavy (non-hydrogen) atoms. The molecule has 0 spiro atoms. The van der Waals surface area contributed by atoms with Crippen molar-refractivity contribution in [3.05, 3.63) is 76.0 Å². The highest BCUT2D eigenvalue weighted by molar-refractivity contribution is 7.89. The minimum absolute atomic E-state index is 0.0276. The number of non-ortho nitro benzene ring substituents is 1. The van der Waals surface area contributed by atoms with E-state index in [1.54, 1.807) is 13.0 Å². The molecule has 0 saturated carbocycles. The van der Waals surface area contributed by atoms with E-state index in [0.29, 0.717) is 21.7 Å². The van der Waals surface area contributed by atoms with Crippen LogP contribution in [-0.2, 0) is 14.9 Å². The van der Waals surface area contributed by atoms with E-state index in [4.69, 9.17) is 4.84 Å². The minimum Gasteiger partial charge on any atom is -0.306 e. The summed E-state index contributed by atoms with van der Waals surface area (Å²) in [7, 11) is -1.33. The number of benzene rings is 2. The fraction of sp³-hybridized carbons (Fsp3) is 0.158.